The van der Waals surface area contributed by atoms with E-state index < -0.39 is 38.9 Å². The SMILES string of the molecule is CN1CC2[C@@H](CCN2c2c(-c3cnc4c(c3)c(=O)c(C(=O)O)cn4C)cnc3c2-c2c(F)c(F)cc(N(C)S(=O)(=O)O)c2C3)C1. The Balaban J connectivity index is 1.53. The van der Waals surface area contributed by atoms with Crippen LogP contribution in [0.1, 0.15) is 28.0 Å². The van der Waals surface area contributed by atoms with Crippen molar-refractivity contribution in [3.8, 4) is 22.3 Å². The van der Waals surface area contributed by atoms with Gasteiger partial charge in [-0.2, -0.15) is 8.42 Å². The maximum absolute atomic E-state index is 15.9. The van der Waals surface area contributed by atoms with Crippen LogP contribution < -0.4 is 14.6 Å². The largest absolute Gasteiger partial charge is 0.477 e. The normalized spacial score (nSPS) is 19.2. The van der Waals surface area contributed by atoms with Gasteiger partial charge < -0.3 is 19.5 Å². The Morgan fingerprint density at radius 3 is 2.58 bits per heavy atom. The molecule has 2 atom stereocenters. The van der Waals surface area contributed by atoms with Crippen LogP contribution in [-0.4, -0.2) is 83.3 Å². The summed E-state index contributed by atoms with van der Waals surface area (Å²) in [5.74, 6) is -3.53. The van der Waals surface area contributed by atoms with Crippen molar-refractivity contribution in [3.63, 3.8) is 0 Å². The Hall–Kier alpha value is -4.47. The van der Waals surface area contributed by atoms with Gasteiger partial charge in [0, 0.05) is 93.1 Å². The second-order valence-corrected chi connectivity index (χ2v) is 13.4. The summed E-state index contributed by atoms with van der Waals surface area (Å²) in [5, 5.41) is 9.68. The first-order valence-electron chi connectivity index (χ1n) is 14.2. The molecule has 2 aliphatic heterocycles. The lowest BCUT2D eigenvalue weighted by atomic mass is 9.96. The Morgan fingerprint density at radius 2 is 1.87 bits per heavy atom. The van der Waals surface area contributed by atoms with Gasteiger partial charge in [0.05, 0.1) is 22.5 Å². The molecule has 1 unspecified atom stereocenters. The van der Waals surface area contributed by atoms with Crippen molar-refractivity contribution in [1.82, 2.24) is 19.4 Å². The lowest BCUT2D eigenvalue weighted by Gasteiger charge is -2.31. The number of carbonyl (C=O) groups is 1. The molecule has 7 rings (SSSR count). The van der Waals surface area contributed by atoms with Gasteiger partial charge in [-0.05, 0) is 31.0 Å². The van der Waals surface area contributed by atoms with E-state index in [0.29, 0.717) is 44.8 Å². The second-order valence-electron chi connectivity index (χ2n) is 11.9. The highest BCUT2D eigenvalue weighted by Crippen LogP contribution is 2.52. The van der Waals surface area contributed by atoms with E-state index in [2.05, 4.69) is 19.8 Å². The molecule has 1 aliphatic carbocycles. The minimum atomic E-state index is -4.80. The molecular weight excluding hydrogens is 610 g/mol. The average molecular weight is 639 g/mol. The number of carboxylic acids is 1. The Kier molecular flexibility index (Phi) is 6.51. The van der Waals surface area contributed by atoms with E-state index in [9.17, 15) is 27.7 Å². The number of carboxylic acid groups (broad SMARTS) is 1. The fourth-order valence-electron chi connectivity index (χ4n) is 7.22. The van der Waals surface area contributed by atoms with Gasteiger partial charge >= 0.3 is 16.3 Å². The maximum Gasteiger partial charge on any atom is 0.359 e. The summed E-state index contributed by atoms with van der Waals surface area (Å²) in [4.78, 5) is 38.5. The molecule has 0 radical (unpaired) electrons. The smallest absolute Gasteiger partial charge is 0.359 e. The number of nitrogens with zero attached hydrogens (tertiary/aromatic N) is 6. The zero-order valence-electron chi connectivity index (χ0n) is 24.5. The van der Waals surface area contributed by atoms with Crippen LogP contribution in [0.5, 0.6) is 0 Å². The molecule has 0 saturated carbocycles. The van der Waals surface area contributed by atoms with Crippen molar-refractivity contribution in [2.75, 3.05) is 42.9 Å². The molecule has 5 heterocycles. The zero-order valence-corrected chi connectivity index (χ0v) is 25.3. The number of aromatic nitrogens is 3. The van der Waals surface area contributed by atoms with Gasteiger partial charge in [0.25, 0.3) is 0 Å². The highest BCUT2D eigenvalue weighted by molar-refractivity contribution is 7.87. The first-order valence-corrected chi connectivity index (χ1v) is 15.6. The standard InChI is InChI=1S/C30H28F2N6O6S/c1-35-11-14-4-5-38(23(14)13-35)27-18(15-6-17-28(39)19(30(40)41)12-36(2)29(17)34-9-15)10-33-21-7-16-22(37(3)45(42,43)44)8-20(31)26(32)24(16)25(21)27/h6,8-10,12,14,23H,4-5,7,11,13H2,1-3H3,(H,40,41)(H,42,43,44)/t14-,23?/m0/s1. The van der Waals surface area contributed by atoms with Crippen LogP contribution in [0.15, 0.2) is 35.5 Å². The van der Waals surface area contributed by atoms with Crippen molar-refractivity contribution in [3.05, 3.63) is 69.4 Å². The molecule has 4 aromatic rings. The monoisotopic (exact) mass is 638 g/mol. The number of likely N-dealkylation sites (N-methyl/N-ethyl adjacent to an activating group) is 1. The summed E-state index contributed by atoms with van der Waals surface area (Å²) in [6.07, 6.45) is 5.13. The van der Waals surface area contributed by atoms with E-state index in [0.717, 1.165) is 32.6 Å². The van der Waals surface area contributed by atoms with Crippen molar-refractivity contribution < 1.29 is 31.7 Å². The number of anilines is 2. The minimum Gasteiger partial charge on any atom is -0.477 e. The van der Waals surface area contributed by atoms with Crippen molar-refractivity contribution in [2.45, 2.75) is 18.9 Å². The Labute approximate surface area is 256 Å². The Morgan fingerprint density at radius 1 is 1.11 bits per heavy atom. The number of aryl methyl sites for hydroxylation is 1. The van der Waals surface area contributed by atoms with E-state index in [-0.39, 0.29) is 40.3 Å². The van der Waals surface area contributed by atoms with Gasteiger partial charge in [-0.3, -0.25) is 18.6 Å². The molecule has 0 bridgehead atoms. The molecule has 15 heteroatoms. The molecule has 3 aliphatic rings. The van der Waals surface area contributed by atoms with Crippen LogP contribution in [-0.2, 0) is 23.8 Å². The predicted octanol–water partition coefficient (Wildman–Crippen LogP) is 2.92. The third kappa shape index (κ3) is 4.40. The highest BCUT2D eigenvalue weighted by Gasteiger charge is 2.44. The lowest BCUT2D eigenvalue weighted by Crippen LogP contribution is -2.35. The average Bonchev–Trinajstić information content (AvgIpc) is 3.67. The summed E-state index contributed by atoms with van der Waals surface area (Å²) in [6, 6.07) is 2.31. The highest BCUT2D eigenvalue weighted by atomic mass is 32.2. The van der Waals surface area contributed by atoms with E-state index in [4.69, 9.17) is 0 Å². The number of benzene rings is 1. The number of halogens is 2. The first-order chi connectivity index (χ1) is 21.3. The molecule has 45 heavy (non-hydrogen) atoms. The predicted molar refractivity (Wildman–Crippen MR) is 162 cm³/mol. The van der Waals surface area contributed by atoms with E-state index in [1.165, 1.54) is 23.0 Å². The van der Waals surface area contributed by atoms with Crippen LogP contribution in [0.2, 0.25) is 0 Å². The fraction of sp³-hybridized carbons (Fsp3) is 0.333. The van der Waals surface area contributed by atoms with Gasteiger partial charge in [0.2, 0.25) is 5.43 Å². The number of likely N-dealkylation sites (tertiary alicyclic amines) is 1. The summed E-state index contributed by atoms with van der Waals surface area (Å²) < 4.78 is 67.0. The van der Waals surface area contributed by atoms with E-state index >= 15 is 8.78 Å². The summed E-state index contributed by atoms with van der Waals surface area (Å²) in [7, 11) is -0.152. The summed E-state index contributed by atoms with van der Waals surface area (Å²) in [5.41, 5.74) is 1.05. The topological polar surface area (TPSA) is 149 Å². The van der Waals surface area contributed by atoms with Crippen LogP contribution in [0.3, 0.4) is 0 Å². The molecule has 0 spiro atoms. The molecule has 0 amide bonds. The molecule has 234 valence electrons. The van der Waals surface area contributed by atoms with Crippen molar-refractivity contribution >= 4 is 38.7 Å². The fourth-order valence-corrected chi connectivity index (χ4v) is 7.63. The second kappa shape index (κ2) is 10.0. The van der Waals surface area contributed by atoms with Crippen LogP contribution in [0.25, 0.3) is 33.3 Å². The van der Waals surface area contributed by atoms with Crippen LogP contribution >= 0.6 is 0 Å². The number of hydrogen-bond donors (Lipinski definition) is 2. The van der Waals surface area contributed by atoms with E-state index in [1.54, 1.807) is 13.2 Å². The number of rotatable bonds is 5. The molecule has 2 N–H and O–H groups in total. The number of fused-ring (bicyclic) bond motifs is 5. The zero-order chi connectivity index (χ0) is 32.1. The summed E-state index contributed by atoms with van der Waals surface area (Å²) >= 11 is 0. The molecule has 1 aromatic carbocycles. The van der Waals surface area contributed by atoms with Gasteiger partial charge in [-0.15, -0.1) is 0 Å². The Bertz CT molecular complexity index is 2140. The third-order valence-corrected chi connectivity index (χ3v) is 10.2. The quantitative estimate of drug-likeness (QED) is 0.275. The van der Waals surface area contributed by atoms with Crippen molar-refractivity contribution in [2.24, 2.45) is 13.0 Å². The number of aromatic carboxylic acids is 1. The number of pyridine rings is 3. The molecule has 2 saturated heterocycles. The maximum atomic E-state index is 15.9. The molecule has 3 aromatic heterocycles. The van der Waals surface area contributed by atoms with Gasteiger partial charge in [-0.25, -0.2) is 18.6 Å². The van der Waals surface area contributed by atoms with Gasteiger partial charge in [-0.1, -0.05) is 0 Å². The van der Waals surface area contributed by atoms with Crippen LogP contribution in [0, 0.1) is 17.6 Å². The van der Waals surface area contributed by atoms with E-state index in [1.807, 2.05) is 7.05 Å². The molecule has 12 nitrogen and oxygen atoms in total. The molecule has 2 fully saturated rings. The molecular formula is C30H28F2N6O6S. The lowest BCUT2D eigenvalue weighted by molar-refractivity contribution is 0.0695. The third-order valence-electron chi connectivity index (χ3n) is 9.28. The first kappa shape index (κ1) is 29.3. The van der Waals surface area contributed by atoms with Crippen LogP contribution in [0.4, 0.5) is 20.2 Å². The van der Waals surface area contributed by atoms with Gasteiger partial charge in [0.1, 0.15) is 11.2 Å². The van der Waals surface area contributed by atoms with Gasteiger partial charge in [0.15, 0.2) is 11.6 Å². The number of hydrogen-bond acceptors (Lipinski definition) is 8. The summed E-state index contributed by atoms with van der Waals surface area (Å²) in [6.45, 7) is 2.18. The van der Waals surface area contributed by atoms with Crippen molar-refractivity contribution in [1.29, 1.82) is 0 Å². The minimum absolute atomic E-state index is 0.0232.